The van der Waals surface area contributed by atoms with Crippen LogP contribution < -0.4 is 20.7 Å². The lowest BCUT2D eigenvalue weighted by atomic mass is 10.1. The molecule has 10 heteroatoms. The SMILES string of the molecule is COc1cccc2c1OC(=O)N([C@@H]1O[C@H](CO)[C@@H](O)[C@H]1O)C2NN. The van der Waals surface area contributed by atoms with Gasteiger partial charge in [0.15, 0.2) is 17.7 Å². The number of hydrogen-bond donors (Lipinski definition) is 5. The van der Waals surface area contributed by atoms with Gasteiger partial charge in [-0.15, -0.1) is 0 Å². The molecule has 0 bridgehead atoms. The van der Waals surface area contributed by atoms with E-state index >= 15 is 0 Å². The van der Waals surface area contributed by atoms with E-state index in [0.29, 0.717) is 11.3 Å². The maximum atomic E-state index is 12.4. The second-order valence-electron chi connectivity index (χ2n) is 5.45. The third-order valence-corrected chi connectivity index (χ3v) is 4.15. The van der Waals surface area contributed by atoms with Gasteiger partial charge in [0.2, 0.25) is 0 Å². The molecule has 0 aromatic heterocycles. The number of carbonyl (C=O) groups is 1. The van der Waals surface area contributed by atoms with Gasteiger partial charge in [-0.1, -0.05) is 12.1 Å². The van der Waals surface area contributed by atoms with Gasteiger partial charge in [0.05, 0.1) is 13.7 Å². The molecular formula is C14H19N3O7. The van der Waals surface area contributed by atoms with E-state index in [0.717, 1.165) is 4.90 Å². The predicted octanol–water partition coefficient (Wildman–Crippen LogP) is -1.59. The van der Waals surface area contributed by atoms with Gasteiger partial charge in [-0.3, -0.25) is 10.7 Å². The van der Waals surface area contributed by atoms with E-state index in [1.165, 1.54) is 7.11 Å². The minimum absolute atomic E-state index is 0.205. The van der Waals surface area contributed by atoms with E-state index < -0.39 is 43.4 Å². The van der Waals surface area contributed by atoms with Crippen LogP contribution in [0, 0.1) is 0 Å². The summed E-state index contributed by atoms with van der Waals surface area (Å²) < 4.78 is 15.9. The lowest BCUT2D eigenvalue weighted by Crippen LogP contribution is -2.56. The summed E-state index contributed by atoms with van der Waals surface area (Å²) in [6.45, 7) is -0.511. The summed E-state index contributed by atoms with van der Waals surface area (Å²) in [6, 6.07) is 4.99. The number of nitrogens with zero attached hydrogens (tertiary/aromatic N) is 1. The fourth-order valence-corrected chi connectivity index (χ4v) is 2.94. The fourth-order valence-electron chi connectivity index (χ4n) is 2.94. The monoisotopic (exact) mass is 341 g/mol. The maximum Gasteiger partial charge on any atom is 0.419 e. The molecule has 24 heavy (non-hydrogen) atoms. The van der Waals surface area contributed by atoms with E-state index in [1.54, 1.807) is 18.2 Å². The van der Waals surface area contributed by atoms with Crippen molar-refractivity contribution >= 4 is 6.09 Å². The van der Waals surface area contributed by atoms with Crippen molar-refractivity contribution in [3.63, 3.8) is 0 Å². The second kappa shape index (κ2) is 6.51. The summed E-state index contributed by atoms with van der Waals surface area (Å²) in [5.41, 5.74) is 2.97. The van der Waals surface area contributed by atoms with Crippen LogP contribution in [0.5, 0.6) is 11.5 Å². The fraction of sp³-hybridized carbons (Fsp3) is 0.500. The molecule has 1 aromatic rings. The summed E-state index contributed by atoms with van der Waals surface area (Å²) in [4.78, 5) is 13.5. The van der Waals surface area contributed by atoms with Gasteiger partial charge >= 0.3 is 6.09 Å². The molecule has 10 nitrogen and oxygen atoms in total. The Morgan fingerprint density at radius 1 is 1.38 bits per heavy atom. The third-order valence-electron chi connectivity index (χ3n) is 4.15. The number of fused-ring (bicyclic) bond motifs is 1. The number of para-hydroxylation sites is 1. The molecule has 1 amide bonds. The zero-order valence-corrected chi connectivity index (χ0v) is 12.8. The normalized spacial score (nSPS) is 32.5. The van der Waals surface area contributed by atoms with Gasteiger partial charge in [-0.05, 0) is 6.07 Å². The number of amides is 1. The minimum atomic E-state index is -1.43. The average Bonchev–Trinajstić information content (AvgIpc) is 2.88. The van der Waals surface area contributed by atoms with Gasteiger partial charge in [-0.25, -0.2) is 10.2 Å². The largest absolute Gasteiger partial charge is 0.493 e. The van der Waals surface area contributed by atoms with Gasteiger partial charge in [-0.2, -0.15) is 0 Å². The van der Waals surface area contributed by atoms with Gasteiger partial charge in [0, 0.05) is 5.56 Å². The lowest BCUT2D eigenvalue weighted by Gasteiger charge is -2.39. The summed E-state index contributed by atoms with van der Waals surface area (Å²) in [5, 5.41) is 29.3. The van der Waals surface area contributed by atoms with Crippen LogP contribution in [-0.4, -0.2) is 64.6 Å². The van der Waals surface area contributed by atoms with E-state index in [-0.39, 0.29) is 5.75 Å². The Bertz CT molecular complexity index is 628. The molecule has 2 aliphatic rings. The minimum Gasteiger partial charge on any atom is -0.493 e. The first-order valence-corrected chi connectivity index (χ1v) is 7.29. The number of hydrazine groups is 1. The van der Waals surface area contributed by atoms with Crippen LogP contribution in [0.25, 0.3) is 0 Å². The molecule has 0 spiro atoms. The Balaban J connectivity index is 1.99. The van der Waals surface area contributed by atoms with Crippen molar-refractivity contribution in [2.45, 2.75) is 30.7 Å². The molecule has 5 atom stereocenters. The number of nitrogens with one attached hydrogen (secondary N) is 1. The predicted molar refractivity (Wildman–Crippen MR) is 78.7 cm³/mol. The van der Waals surface area contributed by atoms with Crippen LogP contribution in [0.15, 0.2) is 18.2 Å². The first-order valence-electron chi connectivity index (χ1n) is 7.29. The highest BCUT2D eigenvalue weighted by molar-refractivity contribution is 5.76. The number of nitrogens with two attached hydrogens (primary N) is 1. The Labute approximate surface area is 137 Å². The summed E-state index contributed by atoms with van der Waals surface area (Å²) >= 11 is 0. The first kappa shape index (κ1) is 16.9. The van der Waals surface area contributed by atoms with Crippen LogP contribution in [0.2, 0.25) is 0 Å². The summed E-state index contributed by atoms with van der Waals surface area (Å²) in [6.07, 6.45) is -6.78. The van der Waals surface area contributed by atoms with Crippen molar-refractivity contribution in [1.82, 2.24) is 10.3 Å². The molecule has 1 aromatic carbocycles. The number of benzene rings is 1. The molecule has 3 rings (SSSR count). The molecule has 0 radical (unpaired) electrons. The van der Waals surface area contributed by atoms with Crippen molar-refractivity contribution in [3.8, 4) is 11.5 Å². The Morgan fingerprint density at radius 3 is 2.71 bits per heavy atom. The van der Waals surface area contributed by atoms with E-state index in [1.807, 2.05) is 0 Å². The molecular weight excluding hydrogens is 322 g/mol. The zero-order chi connectivity index (χ0) is 17.4. The molecule has 0 aliphatic carbocycles. The molecule has 132 valence electrons. The van der Waals surface area contributed by atoms with E-state index in [4.69, 9.17) is 20.1 Å². The van der Waals surface area contributed by atoms with Crippen LogP contribution in [-0.2, 0) is 4.74 Å². The number of methoxy groups -OCH3 is 1. The van der Waals surface area contributed by atoms with Crippen molar-refractivity contribution in [1.29, 1.82) is 0 Å². The zero-order valence-electron chi connectivity index (χ0n) is 12.8. The van der Waals surface area contributed by atoms with Gasteiger partial charge < -0.3 is 29.5 Å². The topological polar surface area (TPSA) is 147 Å². The molecule has 1 fully saturated rings. The molecule has 0 saturated carbocycles. The Morgan fingerprint density at radius 2 is 2.12 bits per heavy atom. The van der Waals surface area contributed by atoms with E-state index in [2.05, 4.69) is 5.43 Å². The highest BCUT2D eigenvalue weighted by Crippen LogP contribution is 2.42. The van der Waals surface area contributed by atoms with Crippen molar-refractivity contribution in [2.24, 2.45) is 5.84 Å². The molecule has 1 unspecified atom stereocenters. The third kappa shape index (κ3) is 2.49. The summed E-state index contributed by atoms with van der Waals surface area (Å²) in [5.74, 6) is 6.14. The van der Waals surface area contributed by atoms with Gasteiger partial charge in [0.1, 0.15) is 24.5 Å². The first-order chi connectivity index (χ1) is 11.5. The van der Waals surface area contributed by atoms with Crippen LogP contribution in [0.4, 0.5) is 4.79 Å². The standard InChI is InChI=1S/C14H19N3O7/c1-22-7-4-2-3-6-11(7)24-14(21)17(12(6)16-15)13-10(20)9(19)8(5-18)23-13/h2-4,8-10,12-13,16,18-20H,5,15H2,1H3/t8-,9-,10-,12?,13-/m1/s1. The average molecular weight is 341 g/mol. The molecule has 1 saturated heterocycles. The van der Waals surface area contributed by atoms with E-state index in [9.17, 15) is 20.1 Å². The number of aliphatic hydroxyl groups is 3. The second-order valence-corrected chi connectivity index (χ2v) is 5.45. The Hall–Kier alpha value is -1.95. The van der Waals surface area contributed by atoms with Gasteiger partial charge in [0.25, 0.3) is 0 Å². The molecule has 2 heterocycles. The number of carbonyl (C=O) groups excluding carboxylic acids is 1. The number of ether oxygens (including phenoxy) is 3. The quantitative estimate of drug-likeness (QED) is 0.323. The van der Waals surface area contributed by atoms with Crippen LogP contribution in [0.3, 0.4) is 0 Å². The van der Waals surface area contributed by atoms with Crippen LogP contribution in [0.1, 0.15) is 11.7 Å². The Kier molecular flexibility index (Phi) is 4.58. The number of hydrogen-bond acceptors (Lipinski definition) is 9. The number of aliphatic hydroxyl groups excluding tert-OH is 3. The smallest absolute Gasteiger partial charge is 0.419 e. The molecule has 2 aliphatic heterocycles. The highest BCUT2D eigenvalue weighted by atomic mass is 16.6. The number of rotatable bonds is 4. The van der Waals surface area contributed by atoms with Crippen molar-refractivity contribution in [2.75, 3.05) is 13.7 Å². The highest BCUT2D eigenvalue weighted by Gasteiger charge is 2.51. The van der Waals surface area contributed by atoms with Crippen LogP contribution >= 0.6 is 0 Å². The van der Waals surface area contributed by atoms with Crippen molar-refractivity contribution in [3.05, 3.63) is 23.8 Å². The molecule has 6 N–H and O–H groups in total. The summed E-state index contributed by atoms with van der Waals surface area (Å²) in [7, 11) is 1.44. The van der Waals surface area contributed by atoms with Crippen molar-refractivity contribution < 1.29 is 34.3 Å². The maximum absolute atomic E-state index is 12.4. The lowest BCUT2D eigenvalue weighted by molar-refractivity contribution is -0.107.